The van der Waals surface area contributed by atoms with Gasteiger partial charge in [-0.3, -0.25) is 4.79 Å². The topological polar surface area (TPSA) is 26.3 Å². The maximum Gasteiger partial charge on any atom is 0.163 e. The van der Waals surface area contributed by atoms with Gasteiger partial charge in [-0.1, -0.05) is 49.4 Å². The van der Waals surface area contributed by atoms with E-state index in [-0.39, 0.29) is 11.7 Å². The minimum atomic E-state index is 0.222. The highest BCUT2D eigenvalue weighted by Gasteiger charge is 2.23. The van der Waals surface area contributed by atoms with Crippen molar-refractivity contribution in [2.75, 3.05) is 6.61 Å². The third kappa shape index (κ3) is 2.99. The number of fused-ring (bicyclic) bond motifs is 1. The van der Waals surface area contributed by atoms with Gasteiger partial charge in [-0.05, 0) is 36.0 Å². The van der Waals surface area contributed by atoms with Gasteiger partial charge in [-0.15, -0.1) is 0 Å². The van der Waals surface area contributed by atoms with E-state index >= 15 is 0 Å². The van der Waals surface area contributed by atoms with E-state index in [1.165, 1.54) is 11.1 Å². The third-order valence-corrected chi connectivity index (χ3v) is 4.20. The number of hydrogen-bond donors (Lipinski definition) is 0. The van der Waals surface area contributed by atoms with Crippen LogP contribution in [0.1, 0.15) is 47.2 Å². The highest BCUT2D eigenvalue weighted by Crippen LogP contribution is 2.36. The summed E-state index contributed by atoms with van der Waals surface area (Å²) in [6, 6.07) is 16.1. The molecule has 2 nitrogen and oxygen atoms in total. The Labute approximate surface area is 125 Å². The van der Waals surface area contributed by atoms with Crippen LogP contribution in [0.4, 0.5) is 0 Å². The SMILES string of the molecule is CCc1ccc(C(=O)CC2CCOc3ccccc32)cc1. The van der Waals surface area contributed by atoms with Crippen LogP contribution < -0.4 is 4.74 Å². The summed E-state index contributed by atoms with van der Waals surface area (Å²) in [4.78, 5) is 12.5. The first-order valence-electron chi connectivity index (χ1n) is 7.62. The normalized spacial score (nSPS) is 16.9. The molecule has 108 valence electrons. The molecule has 0 aliphatic carbocycles. The summed E-state index contributed by atoms with van der Waals surface area (Å²) in [6.45, 7) is 2.82. The fraction of sp³-hybridized carbons (Fsp3) is 0.316. The standard InChI is InChI=1S/C19H20O2/c1-2-14-7-9-15(10-8-14)18(20)13-16-11-12-21-19-6-4-3-5-17(16)19/h3-10,16H,2,11-13H2,1H3. The number of ether oxygens (including phenoxy) is 1. The Kier molecular flexibility index (Phi) is 4.05. The van der Waals surface area contributed by atoms with Crippen LogP contribution in [0.2, 0.25) is 0 Å². The number of ketones is 1. The molecule has 0 radical (unpaired) electrons. The molecule has 2 aromatic carbocycles. The first-order valence-corrected chi connectivity index (χ1v) is 7.62. The number of benzene rings is 2. The molecular formula is C19H20O2. The van der Waals surface area contributed by atoms with Crippen molar-refractivity contribution < 1.29 is 9.53 Å². The molecule has 0 saturated heterocycles. The fourth-order valence-electron chi connectivity index (χ4n) is 2.90. The van der Waals surface area contributed by atoms with Gasteiger partial charge in [0.05, 0.1) is 6.61 Å². The average molecular weight is 280 g/mol. The average Bonchev–Trinajstić information content (AvgIpc) is 2.55. The van der Waals surface area contributed by atoms with Crippen molar-refractivity contribution in [1.29, 1.82) is 0 Å². The Morgan fingerprint density at radius 2 is 1.90 bits per heavy atom. The van der Waals surface area contributed by atoms with E-state index < -0.39 is 0 Å². The van der Waals surface area contributed by atoms with Crippen LogP contribution in [0, 0.1) is 0 Å². The predicted molar refractivity (Wildman–Crippen MR) is 84.1 cm³/mol. The van der Waals surface area contributed by atoms with Crippen molar-refractivity contribution >= 4 is 5.78 Å². The van der Waals surface area contributed by atoms with Crippen LogP contribution in [0.25, 0.3) is 0 Å². The lowest BCUT2D eigenvalue weighted by atomic mass is 9.87. The van der Waals surface area contributed by atoms with Crippen LogP contribution in [-0.2, 0) is 6.42 Å². The second kappa shape index (κ2) is 6.13. The lowest BCUT2D eigenvalue weighted by Gasteiger charge is -2.25. The second-order valence-electron chi connectivity index (χ2n) is 5.55. The first-order chi connectivity index (χ1) is 10.3. The Morgan fingerprint density at radius 1 is 1.14 bits per heavy atom. The molecule has 1 aliphatic rings. The van der Waals surface area contributed by atoms with Gasteiger partial charge in [-0.2, -0.15) is 0 Å². The van der Waals surface area contributed by atoms with E-state index in [4.69, 9.17) is 4.74 Å². The zero-order valence-corrected chi connectivity index (χ0v) is 12.3. The van der Waals surface area contributed by atoms with Gasteiger partial charge >= 0.3 is 0 Å². The fourth-order valence-corrected chi connectivity index (χ4v) is 2.90. The van der Waals surface area contributed by atoms with Gasteiger partial charge < -0.3 is 4.74 Å². The second-order valence-corrected chi connectivity index (χ2v) is 5.55. The maximum atomic E-state index is 12.5. The summed E-state index contributed by atoms with van der Waals surface area (Å²) < 4.78 is 5.66. The molecule has 0 amide bonds. The lowest BCUT2D eigenvalue weighted by molar-refractivity contribution is 0.0966. The molecule has 0 saturated carbocycles. The van der Waals surface area contributed by atoms with Gasteiger partial charge in [0.15, 0.2) is 5.78 Å². The van der Waals surface area contributed by atoms with Crippen molar-refractivity contribution in [2.45, 2.75) is 32.1 Å². The summed E-state index contributed by atoms with van der Waals surface area (Å²) in [5, 5.41) is 0. The summed E-state index contributed by atoms with van der Waals surface area (Å²) in [6.07, 6.45) is 2.48. The number of Topliss-reactive ketones (excluding diaryl/α,β-unsaturated/α-hetero) is 1. The van der Waals surface area contributed by atoms with E-state index in [2.05, 4.69) is 13.0 Å². The van der Waals surface area contributed by atoms with Gasteiger partial charge in [0, 0.05) is 12.0 Å². The van der Waals surface area contributed by atoms with Gasteiger partial charge in [0.2, 0.25) is 0 Å². The minimum absolute atomic E-state index is 0.222. The lowest BCUT2D eigenvalue weighted by Crippen LogP contribution is -2.17. The molecule has 1 unspecified atom stereocenters. The minimum Gasteiger partial charge on any atom is -0.493 e. The van der Waals surface area contributed by atoms with Crippen LogP contribution in [0.15, 0.2) is 48.5 Å². The van der Waals surface area contributed by atoms with Gasteiger partial charge in [-0.25, -0.2) is 0 Å². The molecule has 2 aromatic rings. The van der Waals surface area contributed by atoms with Crippen LogP contribution in [0.3, 0.4) is 0 Å². The Morgan fingerprint density at radius 3 is 2.67 bits per heavy atom. The Hall–Kier alpha value is -2.09. The zero-order chi connectivity index (χ0) is 14.7. The van der Waals surface area contributed by atoms with Gasteiger partial charge in [0.1, 0.15) is 5.75 Å². The quantitative estimate of drug-likeness (QED) is 0.776. The van der Waals surface area contributed by atoms with Crippen molar-refractivity contribution in [2.24, 2.45) is 0 Å². The van der Waals surface area contributed by atoms with Crippen LogP contribution in [0.5, 0.6) is 5.75 Å². The van der Waals surface area contributed by atoms with E-state index in [0.29, 0.717) is 13.0 Å². The molecule has 1 aliphatic heterocycles. The van der Waals surface area contributed by atoms with E-state index in [1.807, 2.05) is 42.5 Å². The molecule has 0 aromatic heterocycles. The van der Waals surface area contributed by atoms with Crippen molar-refractivity contribution in [3.05, 3.63) is 65.2 Å². The predicted octanol–water partition coefficient (Wildman–Crippen LogP) is 4.39. The summed E-state index contributed by atoms with van der Waals surface area (Å²) in [5.41, 5.74) is 3.25. The third-order valence-electron chi connectivity index (χ3n) is 4.20. The number of rotatable bonds is 4. The Balaban J connectivity index is 1.76. The smallest absolute Gasteiger partial charge is 0.163 e. The molecule has 1 atom stereocenters. The highest BCUT2D eigenvalue weighted by molar-refractivity contribution is 5.96. The molecule has 1 heterocycles. The van der Waals surface area contributed by atoms with Crippen molar-refractivity contribution in [3.8, 4) is 5.75 Å². The van der Waals surface area contributed by atoms with E-state index in [0.717, 1.165) is 24.2 Å². The molecular weight excluding hydrogens is 260 g/mol. The molecule has 3 rings (SSSR count). The van der Waals surface area contributed by atoms with Crippen LogP contribution in [-0.4, -0.2) is 12.4 Å². The largest absolute Gasteiger partial charge is 0.493 e. The number of para-hydroxylation sites is 1. The molecule has 0 N–H and O–H groups in total. The van der Waals surface area contributed by atoms with Crippen LogP contribution >= 0.6 is 0 Å². The number of carbonyl (C=O) groups excluding carboxylic acids is 1. The molecule has 21 heavy (non-hydrogen) atoms. The molecule has 2 heteroatoms. The van der Waals surface area contributed by atoms with Crippen molar-refractivity contribution in [3.63, 3.8) is 0 Å². The molecule has 0 spiro atoms. The Bertz CT molecular complexity index is 628. The zero-order valence-electron chi connectivity index (χ0n) is 12.3. The van der Waals surface area contributed by atoms with E-state index in [9.17, 15) is 4.79 Å². The monoisotopic (exact) mass is 280 g/mol. The summed E-state index contributed by atoms with van der Waals surface area (Å²) in [5.74, 6) is 1.43. The molecule has 0 bridgehead atoms. The van der Waals surface area contributed by atoms with Crippen molar-refractivity contribution in [1.82, 2.24) is 0 Å². The van der Waals surface area contributed by atoms with E-state index in [1.54, 1.807) is 0 Å². The molecule has 0 fully saturated rings. The number of carbonyl (C=O) groups is 1. The van der Waals surface area contributed by atoms with Gasteiger partial charge in [0.25, 0.3) is 0 Å². The summed E-state index contributed by atoms with van der Waals surface area (Å²) in [7, 11) is 0. The maximum absolute atomic E-state index is 12.5. The first kappa shape index (κ1) is 13.9. The number of aryl methyl sites for hydroxylation is 1. The number of hydrogen-bond acceptors (Lipinski definition) is 2. The summed E-state index contributed by atoms with van der Waals surface area (Å²) >= 11 is 0. The highest BCUT2D eigenvalue weighted by atomic mass is 16.5.